The monoisotopic (exact) mass is 345 g/mol. The van der Waals surface area contributed by atoms with Crippen LogP contribution in [0.15, 0.2) is 24.3 Å². The van der Waals surface area contributed by atoms with Crippen molar-refractivity contribution < 1.29 is 4.79 Å². The van der Waals surface area contributed by atoms with E-state index in [0.717, 1.165) is 24.4 Å². The third-order valence-electron chi connectivity index (χ3n) is 3.42. The van der Waals surface area contributed by atoms with Gasteiger partial charge in [-0.05, 0) is 43.1 Å². The molecule has 0 radical (unpaired) electrons. The van der Waals surface area contributed by atoms with Crippen molar-refractivity contribution >= 4 is 30.1 Å². The molecule has 0 spiro atoms. The minimum absolute atomic E-state index is 0. The molecule has 1 aromatic rings. The molecule has 0 saturated heterocycles. The fourth-order valence-electron chi connectivity index (χ4n) is 1.96. The fraction of sp³-hybridized carbons (Fsp3) is 0.562. The molecular weight excluding hydrogens is 318 g/mol. The van der Waals surface area contributed by atoms with Crippen molar-refractivity contribution in [2.24, 2.45) is 5.73 Å². The Bertz CT molecular complexity index is 445. The Morgan fingerprint density at radius 2 is 2.09 bits per heavy atom. The second-order valence-corrected chi connectivity index (χ2v) is 6.24. The minimum atomic E-state index is -0.410. The van der Waals surface area contributed by atoms with E-state index >= 15 is 0 Å². The first-order valence-corrected chi connectivity index (χ1v) is 8.74. The van der Waals surface area contributed by atoms with Crippen molar-refractivity contribution in [1.29, 1.82) is 0 Å². The highest BCUT2D eigenvalue weighted by atomic mass is 35.5. The van der Waals surface area contributed by atoms with Crippen LogP contribution in [0.1, 0.15) is 24.5 Å². The lowest BCUT2D eigenvalue weighted by molar-refractivity contribution is -0.122. The van der Waals surface area contributed by atoms with E-state index in [1.165, 1.54) is 5.56 Å². The molecule has 1 atom stereocenters. The molecule has 0 aliphatic rings. The van der Waals surface area contributed by atoms with Crippen LogP contribution in [0.4, 0.5) is 0 Å². The van der Waals surface area contributed by atoms with Gasteiger partial charge >= 0.3 is 0 Å². The molecule has 1 aromatic carbocycles. The number of carbonyl (C=O) groups is 1. The van der Waals surface area contributed by atoms with Crippen LogP contribution in [0.25, 0.3) is 0 Å². The fourth-order valence-corrected chi connectivity index (χ4v) is 2.45. The van der Waals surface area contributed by atoms with Gasteiger partial charge in [0.05, 0.1) is 6.04 Å². The molecule has 1 rings (SSSR count). The number of halogens is 1. The normalized spacial score (nSPS) is 11.9. The van der Waals surface area contributed by atoms with E-state index in [1.807, 2.05) is 18.4 Å². The van der Waals surface area contributed by atoms with Crippen LogP contribution in [-0.2, 0) is 17.9 Å². The molecule has 0 aliphatic carbocycles. The molecule has 126 valence electrons. The van der Waals surface area contributed by atoms with Gasteiger partial charge in [-0.15, -0.1) is 12.4 Å². The minimum Gasteiger partial charge on any atom is -0.351 e. The number of nitrogens with two attached hydrogens (primary N) is 1. The van der Waals surface area contributed by atoms with Gasteiger partial charge in [-0.1, -0.05) is 31.2 Å². The molecule has 6 heteroatoms. The number of rotatable bonds is 9. The molecule has 3 N–H and O–H groups in total. The summed E-state index contributed by atoms with van der Waals surface area (Å²) in [5.41, 5.74) is 8.22. The summed E-state index contributed by atoms with van der Waals surface area (Å²) in [5.74, 6) is 0.841. The average molecular weight is 346 g/mol. The van der Waals surface area contributed by atoms with Crippen LogP contribution < -0.4 is 11.1 Å². The smallest absolute Gasteiger partial charge is 0.237 e. The molecule has 0 aromatic heterocycles. The Balaban J connectivity index is 0.00000441. The van der Waals surface area contributed by atoms with Crippen LogP contribution in [0.3, 0.4) is 0 Å². The Morgan fingerprint density at radius 1 is 1.41 bits per heavy atom. The predicted octanol–water partition coefficient (Wildman–Crippen LogP) is 2.26. The molecule has 0 bridgehead atoms. The summed E-state index contributed by atoms with van der Waals surface area (Å²) in [7, 11) is 2.10. The first-order chi connectivity index (χ1) is 10.1. The third kappa shape index (κ3) is 8.03. The van der Waals surface area contributed by atoms with Crippen molar-refractivity contribution in [3.8, 4) is 0 Å². The van der Waals surface area contributed by atoms with Crippen molar-refractivity contribution in [1.82, 2.24) is 10.2 Å². The molecule has 1 amide bonds. The van der Waals surface area contributed by atoms with Gasteiger partial charge in [0.25, 0.3) is 0 Å². The zero-order chi connectivity index (χ0) is 15.7. The molecule has 0 heterocycles. The van der Waals surface area contributed by atoms with Gasteiger partial charge in [0.15, 0.2) is 0 Å². The highest BCUT2D eigenvalue weighted by Crippen LogP contribution is 2.08. The molecule has 0 aliphatic heterocycles. The topological polar surface area (TPSA) is 58.4 Å². The quantitative estimate of drug-likeness (QED) is 0.720. The number of nitrogens with zero attached hydrogens (tertiary/aromatic N) is 1. The number of nitrogens with one attached hydrogen (secondary N) is 1. The van der Waals surface area contributed by atoms with E-state index in [0.29, 0.717) is 13.0 Å². The number of benzene rings is 1. The van der Waals surface area contributed by atoms with Crippen LogP contribution in [-0.4, -0.2) is 42.4 Å². The maximum atomic E-state index is 11.9. The summed E-state index contributed by atoms with van der Waals surface area (Å²) < 4.78 is 0. The van der Waals surface area contributed by atoms with Gasteiger partial charge < -0.3 is 16.0 Å². The number of amides is 1. The summed E-state index contributed by atoms with van der Waals surface area (Å²) in [4.78, 5) is 14.1. The lowest BCUT2D eigenvalue weighted by atomic mass is 10.1. The SMILES string of the molecule is CCN(C)Cc1cccc(CNC(=O)[C@@H](N)CCSC)c1.Cl. The van der Waals surface area contributed by atoms with Crippen molar-refractivity contribution in [3.05, 3.63) is 35.4 Å². The lowest BCUT2D eigenvalue weighted by Gasteiger charge is -2.15. The summed E-state index contributed by atoms with van der Waals surface area (Å²) in [6.07, 6.45) is 2.73. The van der Waals surface area contributed by atoms with Gasteiger partial charge in [-0.25, -0.2) is 0 Å². The summed E-state index contributed by atoms with van der Waals surface area (Å²) >= 11 is 1.71. The number of hydrogen-bond donors (Lipinski definition) is 2. The van der Waals surface area contributed by atoms with Gasteiger partial charge in [-0.3, -0.25) is 4.79 Å². The number of carbonyl (C=O) groups excluding carboxylic acids is 1. The second kappa shape index (κ2) is 11.8. The van der Waals surface area contributed by atoms with Gasteiger partial charge in [-0.2, -0.15) is 11.8 Å². The maximum absolute atomic E-state index is 11.9. The van der Waals surface area contributed by atoms with Crippen LogP contribution in [0, 0.1) is 0 Å². The first-order valence-electron chi connectivity index (χ1n) is 7.35. The average Bonchev–Trinajstić information content (AvgIpc) is 2.50. The molecule has 22 heavy (non-hydrogen) atoms. The van der Waals surface area contributed by atoms with Crippen LogP contribution >= 0.6 is 24.2 Å². The Morgan fingerprint density at radius 3 is 2.73 bits per heavy atom. The molecule has 0 saturated carbocycles. The highest BCUT2D eigenvalue weighted by molar-refractivity contribution is 7.98. The molecule has 0 unspecified atom stereocenters. The third-order valence-corrected chi connectivity index (χ3v) is 4.06. The Hall–Kier alpha value is -0.750. The lowest BCUT2D eigenvalue weighted by Crippen LogP contribution is -2.40. The van der Waals surface area contributed by atoms with Crippen molar-refractivity contribution in [3.63, 3.8) is 0 Å². The van der Waals surface area contributed by atoms with E-state index in [9.17, 15) is 4.79 Å². The summed E-state index contributed by atoms with van der Waals surface area (Å²) in [6, 6.07) is 7.91. The first kappa shape index (κ1) is 21.2. The van der Waals surface area contributed by atoms with E-state index < -0.39 is 6.04 Å². The molecular formula is C16H28ClN3OS. The van der Waals surface area contributed by atoms with Gasteiger partial charge in [0.1, 0.15) is 0 Å². The second-order valence-electron chi connectivity index (χ2n) is 5.26. The van der Waals surface area contributed by atoms with E-state index in [2.05, 4.69) is 36.3 Å². The Labute approximate surface area is 144 Å². The van der Waals surface area contributed by atoms with Crippen molar-refractivity contribution in [2.45, 2.75) is 32.5 Å². The zero-order valence-electron chi connectivity index (χ0n) is 13.7. The largest absolute Gasteiger partial charge is 0.351 e. The Kier molecular flexibility index (Phi) is 11.4. The summed E-state index contributed by atoms with van der Waals surface area (Å²) in [6.45, 7) is 4.62. The van der Waals surface area contributed by atoms with Crippen LogP contribution in [0.5, 0.6) is 0 Å². The highest BCUT2D eigenvalue weighted by Gasteiger charge is 2.12. The molecule has 4 nitrogen and oxygen atoms in total. The zero-order valence-corrected chi connectivity index (χ0v) is 15.3. The van der Waals surface area contributed by atoms with Crippen molar-refractivity contribution in [2.75, 3.05) is 25.6 Å². The van der Waals surface area contributed by atoms with E-state index in [-0.39, 0.29) is 18.3 Å². The number of thioether (sulfide) groups is 1. The maximum Gasteiger partial charge on any atom is 0.237 e. The van der Waals surface area contributed by atoms with Crippen LogP contribution in [0.2, 0.25) is 0 Å². The summed E-state index contributed by atoms with van der Waals surface area (Å²) in [5, 5.41) is 2.92. The van der Waals surface area contributed by atoms with E-state index in [4.69, 9.17) is 5.73 Å². The predicted molar refractivity (Wildman–Crippen MR) is 98.5 cm³/mol. The molecule has 0 fully saturated rings. The van der Waals surface area contributed by atoms with Gasteiger partial charge in [0, 0.05) is 13.1 Å². The van der Waals surface area contributed by atoms with E-state index in [1.54, 1.807) is 11.8 Å². The van der Waals surface area contributed by atoms with Gasteiger partial charge in [0.2, 0.25) is 5.91 Å². The number of hydrogen-bond acceptors (Lipinski definition) is 4. The standard InChI is InChI=1S/C16H27N3OS.ClH/c1-4-19(2)12-14-7-5-6-13(10-14)11-18-16(20)15(17)8-9-21-3;/h5-7,10,15H,4,8-9,11-12,17H2,1-3H3,(H,18,20);1H/t15-;/m0./s1.